The van der Waals surface area contributed by atoms with E-state index in [-0.39, 0.29) is 0 Å². The smallest absolute Gasteiger partial charge is 0.0208 e. The molecule has 0 atom stereocenters. The van der Waals surface area contributed by atoms with Gasteiger partial charge in [0, 0.05) is 13.1 Å². The Labute approximate surface area is 111 Å². The van der Waals surface area contributed by atoms with Gasteiger partial charge in [-0.05, 0) is 48.8 Å². The third kappa shape index (κ3) is 3.12. The van der Waals surface area contributed by atoms with Gasteiger partial charge in [-0.15, -0.1) is 0 Å². The van der Waals surface area contributed by atoms with Crippen LogP contribution in [0, 0.1) is 5.41 Å². The predicted octanol–water partition coefficient (Wildman–Crippen LogP) is 2.86. The van der Waals surface area contributed by atoms with Crippen molar-refractivity contribution in [2.24, 2.45) is 11.1 Å². The standard InChI is InChI=1S/C16H26N2/c1-2-16(9-5-10-16)13-18-12-15-7-4-3-6-14(15)8-11-17/h3-4,6-7,18H,2,5,8-13,17H2,1H3. The average Bonchev–Trinajstić information content (AvgIpc) is 2.35. The van der Waals surface area contributed by atoms with Crippen LogP contribution in [-0.4, -0.2) is 13.1 Å². The van der Waals surface area contributed by atoms with Gasteiger partial charge in [-0.25, -0.2) is 0 Å². The lowest BCUT2D eigenvalue weighted by atomic mass is 9.67. The first-order chi connectivity index (χ1) is 8.79. The second-order valence-electron chi connectivity index (χ2n) is 5.62. The van der Waals surface area contributed by atoms with Crippen molar-refractivity contribution in [3.05, 3.63) is 35.4 Å². The van der Waals surface area contributed by atoms with E-state index in [4.69, 9.17) is 5.73 Å². The van der Waals surface area contributed by atoms with Crippen molar-refractivity contribution < 1.29 is 0 Å². The van der Waals surface area contributed by atoms with E-state index in [1.807, 2.05) is 0 Å². The highest BCUT2D eigenvalue weighted by atomic mass is 14.9. The lowest BCUT2D eigenvalue weighted by Gasteiger charge is -2.41. The zero-order valence-electron chi connectivity index (χ0n) is 11.5. The van der Waals surface area contributed by atoms with Gasteiger partial charge in [-0.1, -0.05) is 37.6 Å². The molecule has 0 heterocycles. The summed E-state index contributed by atoms with van der Waals surface area (Å²) in [5, 5.41) is 3.65. The molecule has 1 aliphatic carbocycles. The zero-order valence-corrected chi connectivity index (χ0v) is 11.5. The van der Waals surface area contributed by atoms with Crippen LogP contribution in [0.25, 0.3) is 0 Å². The number of hydrogen-bond acceptors (Lipinski definition) is 2. The minimum Gasteiger partial charge on any atom is -0.330 e. The van der Waals surface area contributed by atoms with Gasteiger partial charge in [0.15, 0.2) is 0 Å². The van der Waals surface area contributed by atoms with Crippen molar-refractivity contribution in [2.45, 2.75) is 45.6 Å². The van der Waals surface area contributed by atoms with Crippen molar-refractivity contribution in [3.63, 3.8) is 0 Å². The minimum absolute atomic E-state index is 0.600. The predicted molar refractivity (Wildman–Crippen MR) is 77.5 cm³/mol. The summed E-state index contributed by atoms with van der Waals surface area (Å²) in [7, 11) is 0. The van der Waals surface area contributed by atoms with Gasteiger partial charge < -0.3 is 11.1 Å². The van der Waals surface area contributed by atoms with Gasteiger partial charge in [0.1, 0.15) is 0 Å². The molecule has 1 aromatic carbocycles. The van der Waals surface area contributed by atoms with E-state index in [0.717, 1.165) is 19.5 Å². The Bertz CT molecular complexity index is 364. The summed E-state index contributed by atoms with van der Waals surface area (Å²) in [4.78, 5) is 0. The summed E-state index contributed by atoms with van der Waals surface area (Å²) in [6.45, 7) is 5.21. The van der Waals surface area contributed by atoms with Gasteiger partial charge in [0.05, 0.1) is 0 Å². The Morgan fingerprint density at radius 3 is 2.50 bits per heavy atom. The number of benzene rings is 1. The molecule has 2 nitrogen and oxygen atoms in total. The highest BCUT2D eigenvalue weighted by Gasteiger charge is 2.34. The molecule has 100 valence electrons. The summed E-state index contributed by atoms with van der Waals surface area (Å²) < 4.78 is 0. The average molecular weight is 246 g/mol. The maximum absolute atomic E-state index is 5.66. The van der Waals surface area contributed by atoms with Crippen molar-refractivity contribution >= 4 is 0 Å². The van der Waals surface area contributed by atoms with Crippen LogP contribution in [0.4, 0.5) is 0 Å². The van der Waals surface area contributed by atoms with E-state index in [0.29, 0.717) is 5.41 Å². The van der Waals surface area contributed by atoms with Crippen molar-refractivity contribution in [3.8, 4) is 0 Å². The Balaban J connectivity index is 1.86. The van der Waals surface area contributed by atoms with E-state index in [1.165, 1.54) is 43.4 Å². The van der Waals surface area contributed by atoms with Gasteiger partial charge in [0.2, 0.25) is 0 Å². The molecule has 1 aromatic rings. The molecule has 0 aliphatic heterocycles. The molecule has 18 heavy (non-hydrogen) atoms. The highest BCUT2D eigenvalue weighted by Crippen LogP contribution is 2.43. The molecule has 2 heteroatoms. The van der Waals surface area contributed by atoms with Crippen molar-refractivity contribution in [1.29, 1.82) is 0 Å². The molecule has 0 bridgehead atoms. The summed E-state index contributed by atoms with van der Waals surface area (Å²) in [6, 6.07) is 8.64. The van der Waals surface area contributed by atoms with Crippen LogP contribution < -0.4 is 11.1 Å². The lowest BCUT2D eigenvalue weighted by molar-refractivity contribution is 0.124. The first kappa shape index (κ1) is 13.6. The summed E-state index contributed by atoms with van der Waals surface area (Å²) in [6.07, 6.45) is 6.52. The largest absolute Gasteiger partial charge is 0.330 e. The fourth-order valence-corrected chi connectivity index (χ4v) is 2.92. The van der Waals surface area contributed by atoms with Crippen LogP contribution in [0.5, 0.6) is 0 Å². The van der Waals surface area contributed by atoms with Crippen LogP contribution in [0.2, 0.25) is 0 Å². The first-order valence-electron chi connectivity index (χ1n) is 7.27. The normalized spacial score (nSPS) is 17.4. The second-order valence-corrected chi connectivity index (χ2v) is 5.62. The maximum Gasteiger partial charge on any atom is 0.0208 e. The Morgan fingerprint density at radius 1 is 1.22 bits per heavy atom. The van der Waals surface area contributed by atoms with E-state index >= 15 is 0 Å². The van der Waals surface area contributed by atoms with Crippen LogP contribution in [-0.2, 0) is 13.0 Å². The molecule has 0 radical (unpaired) electrons. The second kappa shape index (κ2) is 6.35. The van der Waals surface area contributed by atoms with Crippen LogP contribution in [0.3, 0.4) is 0 Å². The lowest BCUT2D eigenvalue weighted by Crippen LogP contribution is -2.39. The SMILES string of the molecule is CCC1(CNCc2ccccc2CCN)CCC1. The third-order valence-corrected chi connectivity index (χ3v) is 4.51. The highest BCUT2D eigenvalue weighted by molar-refractivity contribution is 5.27. The fourth-order valence-electron chi connectivity index (χ4n) is 2.92. The first-order valence-corrected chi connectivity index (χ1v) is 7.27. The third-order valence-electron chi connectivity index (χ3n) is 4.51. The molecule has 0 aromatic heterocycles. The molecule has 1 fully saturated rings. The summed E-state index contributed by atoms with van der Waals surface area (Å²) >= 11 is 0. The van der Waals surface area contributed by atoms with Gasteiger partial charge in [-0.3, -0.25) is 0 Å². The monoisotopic (exact) mass is 246 g/mol. The topological polar surface area (TPSA) is 38.0 Å². The van der Waals surface area contributed by atoms with E-state index in [2.05, 4.69) is 36.5 Å². The number of hydrogen-bond donors (Lipinski definition) is 2. The molecule has 1 aliphatic rings. The Kier molecular flexibility index (Phi) is 4.79. The molecule has 2 rings (SSSR count). The number of rotatable bonds is 7. The zero-order chi connectivity index (χ0) is 12.8. The molecule has 0 spiro atoms. The Hall–Kier alpha value is -0.860. The quantitative estimate of drug-likeness (QED) is 0.776. The molecule has 1 saturated carbocycles. The molecule has 0 unspecified atom stereocenters. The van der Waals surface area contributed by atoms with Gasteiger partial charge >= 0.3 is 0 Å². The number of nitrogens with two attached hydrogens (primary N) is 1. The molecule has 0 saturated heterocycles. The number of nitrogens with one attached hydrogen (secondary N) is 1. The minimum atomic E-state index is 0.600. The van der Waals surface area contributed by atoms with E-state index in [9.17, 15) is 0 Å². The molecule has 3 N–H and O–H groups in total. The van der Waals surface area contributed by atoms with Crippen molar-refractivity contribution in [2.75, 3.05) is 13.1 Å². The molecular formula is C16H26N2. The van der Waals surface area contributed by atoms with Gasteiger partial charge in [0.25, 0.3) is 0 Å². The summed E-state index contributed by atoms with van der Waals surface area (Å²) in [5.74, 6) is 0. The summed E-state index contributed by atoms with van der Waals surface area (Å²) in [5.41, 5.74) is 9.06. The van der Waals surface area contributed by atoms with Crippen LogP contribution >= 0.6 is 0 Å². The fraction of sp³-hybridized carbons (Fsp3) is 0.625. The molecular weight excluding hydrogens is 220 g/mol. The van der Waals surface area contributed by atoms with E-state index < -0.39 is 0 Å². The van der Waals surface area contributed by atoms with Crippen molar-refractivity contribution in [1.82, 2.24) is 5.32 Å². The van der Waals surface area contributed by atoms with E-state index in [1.54, 1.807) is 0 Å². The molecule has 0 amide bonds. The Morgan fingerprint density at radius 2 is 1.94 bits per heavy atom. The maximum atomic E-state index is 5.66. The van der Waals surface area contributed by atoms with Gasteiger partial charge in [-0.2, -0.15) is 0 Å². The van der Waals surface area contributed by atoms with Crippen LogP contribution in [0.15, 0.2) is 24.3 Å². The van der Waals surface area contributed by atoms with Crippen LogP contribution in [0.1, 0.15) is 43.7 Å².